The third-order valence-corrected chi connectivity index (χ3v) is 9.97. The molecule has 9 heteroatoms. The van der Waals surface area contributed by atoms with Crippen LogP contribution in [0.2, 0.25) is 0 Å². The number of likely N-dealkylation sites (tertiary alicyclic amines) is 1. The number of amides is 3. The molecule has 0 radical (unpaired) electrons. The maximum absolute atomic E-state index is 13.9. The lowest BCUT2D eigenvalue weighted by Crippen LogP contribution is -2.57. The molecule has 1 spiro atoms. The highest BCUT2D eigenvalue weighted by molar-refractivity contribution is 8.02. The number of benzene rings is 1. The van der Waals surface area contributed by atoms with E-state index in [1.165, 1.54) is 0 Å². The van der Waals surface area contributed by atoms with Crippen LogP contribution in [0.3, 0.4) is 0 Å². The van der Waals surface area contributed by atoms with E-state index < -0.39 is 22.6 Å². The first-order valence-electron chi connectivity index (χ1n) is 13.2. The van der Waals surface area contributed by atoms with Gasteiger partial charge in [-0.1, -0.05) is 20.3 Å². The molecule has 36 heavy (non-hydrogen) atoms. The Bertz CT molecular complexity index is 973. The highest BCUT2D eigenvalue weighted by atomic mass is 32.2. The molecule has 3 aliphatic rings. The first-order valence-corrected chi connectivity index (χ1v) is 14.1. The van der Waals surface area contributed by atoms with Crippen LogP contribution >= 0.6 is 11.8 Å². The monoisotopic (exact) mass is 517 g/mol. The van der Waals surface area contributed by atoms with Crippen LogP contribution in [0.25, 0.3) is 0 Å². The van der Waals surface area contributed by atoms with E-state index in [0.29, 0.717) is 25.3 Å². The molecule has 3 saturated heterocycles. The summed E-state index contributed by atoms with van der Waals surface area (Å²) in [5.74, 6) is -0.672. The lowest BCUT2D eigenvalue weighted by atomic mass is 9.65. The molecule has 3 amide bonds. The zero-order chi connectivity index (χ0) is 26.0. The topological polar surface area (TPSA) is 108 Å². The smallest absolute Gasteiger partial charge is 0.244 e. The number of thioether (sulfide) groups is 1. The fourth-order valence-electron chi connectivity index (χ4n) is 6.45. The maximum atomic E-state index is 13.9. The van der Waals surface area contributed by atoms with Crippen LogP contribution in [-0.4, -0.2) is 69.6 Å². The van der Waals surface area contributed by atoms with Crippen molar-refractivity contribution in [3.05, 3.63) is 24.3 Å². The van der Waals surface area contributed by atoms with Crippen molar-refractivity contribution in [3.8, 4) is 5.75 Å². The molecule has 0 aromatic heterocycles. The van der Waals surface area contributed by atoms with Gasteiger partial charge in [0, 0.05) is 30.1 Å². The molecular weight excluding hydrogens is 478 g/mol. The van der Waals surface area contributed by atoms with Gasteiger partial charge in [-0.2, -0.15) is 0 Å². The van der Waals surface area contributed by atoms with E-state index in [0.717, 1.165) is 25.0 Å². The molecule has 2 bridgehead atoms. The van der Waals surface area contributed by atoms with Gasteiger partial charge in [-0.15, -0.1) is 11.8 Å². The molecule has 1 aromatic rings. The van der Waals surface area contributed by atoms with Crippen LogP contribution in [0.5, 0.6) is 5.75 Å². The third-order valence-electron chi connectivity index (χ3n) is 7.90. The number of nitrogens with zero attached hydrogens (tertiary/aromatic N) is 1. The Morgan fingerprint density at radius 3 is 2.61 bits per heavy atom. The fraction of sp³-hybridized carbons (Fsp3) is 0.667. The fourth-order valence-corrected chi connectivity index (χ4v) is 8.88. The number of carbonyl (C=O) groups is 3. The maximum Gasteiger partial charge on any atom is 0.244 e. The quantitative estimate of drug-likeness (QED) is 0.416. The van der Waals surface area contributed by atoms with Crippen molar-refractivity contribution in [2.45, 2.75) is 75.5 Å². The molecule has 7 atom stereocenters. The van der Waals surface area contributed by atoms with E-state index >= 15 is 0 Å². The van der Waals surface area contributed by atoms with E-state index in [1.54, 1.807) is 28.8 Å². The molecule has 8 nitrogen and oxygen atoms in total. The Hall–Kier alpha value is -2.26. The Kier molecular flexibility index (Phi) is 8.19. The second-order valence-electron chi connectivity index (χ2n) is 10.3. The van der Waals surface area contributed by atoms with Crippen LogP contribution in [0.1, 0.15) is 53.4 Å². The van der Waals surface area contributed by atoms with E-state index in [4.69, 9.17) is 4.74 Å². The highest BCUT2D eigenvalue weighted by Gasteiger charge is 2.75. The molecule has 4 rings (SSSR count). The van der Waals surface area contributed by atoms with E-state index in [9.17, 15) is 19.5 Å². The van der Waals surface area contributed by atoms with Gasteiger partial charge < -0.3 is 25.4 Å². The van der Waals surface area contributed by atoms with Crippen LogP contribution < -0.4 is 15.4 Å². The molecule has 3 heterocycles. The first kappa shape index (κ1) is 26.8. The van der Waals surface area contributed by atoms with Crippen molar-refractivity contribution in [3.63, 3.8) is 0 Å². The molecular formula is C27H39N3O5S. The minimum absolute atomic E-state index is 0.00501. The van der Waals surface area contributed by atoms with Crippen LogP contribution in [0, 0.1) is 17.8 Å². The number of hydrogen-bond acceptors (Lipinski definition) is 6. The van der Waals surface area contributed by atoms with Crippen molar-refractivity contribution in [1.29, 1.82) is 0 Å². The lowest BCUT2D eigenvalue weighted by molar-refractivity contribution is -0.139. The Labute approximate surface area is 217 Å². The number of aliphatic hydroxyl groups excluding tert-OH is 1. The van der Waals surface area contributed by atoms with Gasteiger partial charge in [0.25, 0.3) is 0 Å². The SMILES string of the molecule is CCCC(C)NC(=O)C1N(CCCO)C(=O)[C@@H]2[C@@H](C(=O)Nc3ccc(OCC)cc3)[C@H]3CC(C)C12S3. The van der Waals surface area contributed by atoms with Crippen molar-refractivity contribution < 1.29 is 24.2 Å². The average Bonchev–Trinajstić information content (AvgIpc) is 3.42. The highest BCUT2D eigenvalue weighted by Crippen LogP contribution is 2.68. The van der Waals surface area contributed by atoms with Crippen molar-refractivity contribution >= 4 is 35.2 Å². The summed E-state index contributed by atoms with van der Waals surface area (Å²) in [7, 11) is 0. The molecule has 1 aromatic carbocycles. The van der Waals surface area contributed by atoms with E-state index in [-0.39, 0.29) is 41.5 Å². The standard InChI is InChI=1S/C27H39N3O5S/c1-5-8-17(4)28-25(33)23-27-16(3)15-20(36-27)21(22(27)26(34)30(23)13-7-14-31)24(32)29-18-9-11-19(12-10-18)35-6-2/h9-12,16-17,20-23,31H,5-8,13-15H2,1-4H3,(H,28,33)(H,29,32)/t16?,17?,20-,21+,22+,23?,27?/m1/s1. The van der Waals surface area contributed by atoms with Gasteiger partial charge in [-0.05, 0) is 63.3 Å². The van der Waals surface area contributed by atoms with Gasteiger partial charge in [0.1, 0.15) is 11.8 Å². The Morgan fingerprint density at radius 2 is 1.97 bits per heavy atom. The van der Waals surface area contributed by atoms with Gasteiger partial charge in [-0.3, -0.25) is 14.4 Å². The summed E-state index contributed by atoms with van der Waals surface area (Å²) in [6, 6.07) is 6.59. The van der Waals surface area contributed by atoms with Crippen molar-refractivity contribution in [1.82, 2.24) is 10.2 Å². The molecule has 3 N–H and O–H groups in total. The minimum Gasteiger partial charge on any atom is -0.494 e. The zero-order valence-corrected chi connectivity index (χ0v) is 22.5. The summed E-state index contributed by atoms with van der Waals surface area (Å²) in [6.07, 6.45) is 3.00. The summed E-state index contributed by atoms with van der Waals surface area (Å²) >= 11 is 1.66. The summed E-state index contributed by atoms with van der Waals surface area (Å²) in [5, 5.41) is 15.6. The number of carbonyl (C=O) groups excluding carboxylic acids is 3. The predicted molar refractivity (Wildman–Crippen MR) is 141 cm³/mol. The minimum atomic E-state index is -0.645. The van der Waals surface area contributed by atoms with Gasteiger partial charge in [0.05, 0.1) is 23.2 Å². The van der Waals surface area contributed by atoms with Crippen LogP contribution in [0.4, 0.5) is 5.69 Å². The summed E-state index contributed by atoms with van der Waals surface area (Å²) < 4.78 is 4.84. The summed E-state index contributed by atoms with van der Waals surface area (Å²) in [5.41, 5.74) is 0.656. The average molecular weight is 518 g/mol. The molecule has 0 aliphatic carbocycles. The molecule has 198 valence electrons. The molecule has 3 fully saturated rings. The molecule has 3 aliphatic heterocycles. The van der Waals surface area contributed by atoms with Gasteiger partial charge in [-0.25, -0.2) is 0 Å². The predicted octanol–water partition coefficient (Wildman–Crippen LogP) is 3.05. The van der Waals surface area contributed by atoms with Crippen molar-refractivity contribution in [2.24, 2.45) is 17.8 Å². The number of rotatable bonds is 11. The molecule has 4 unspecified atom stereocenters. The lowest BCUT2D eigenvalue weighted by Gasteiger charge is -2.39. The van der Waals surface area contributed by atoms with Crippen molar-refractivity contribution in [2.75, 3.05) is 25.1 Å². The second kappa shape index (κ2) is 11.0. The van der Waals surface area contributed by atoms with Gasteiger partial charge in [0.15, 0.2) is 0 Å². The number of anilines is 1. The van der Waals surface area contributed by atoms with E-state index in [2.05, 4.69) is 24.5 Å². The number of aliphatic hydroxyl groups is 1. The number of hydrogen-bond donors (Lipinski definition) is 3. The normalized spacial score (nSPS) is 31.3. The third kappa shape index (κ3) is 4.60. The molecule has 0 saturated carbocycles. The Balaban J connectivity index is 1.62. The van der Waals surface area contributed by atoms with Gasteiger partial charge in [0.2, 0.25) is 17.7 Å². The number of fused-ring (bicyclic) bond motifs is 1. The zero-order valence-electron chi connectivity index (χ0n) is 21.7. The van der Waals surface area contributed by atoms with Crippen LogP contribution in [-0.2, 0) is 14.4 Å². The van der Waals surface area contributed by atoms with E-state index in [1.807, 2.05) is 26.0 Å². The Morgan fingerprint density at radius 1 is 1.25 bits per heavy atom. The second-order valence-corrected chi connectivity index (χ2v) is 11.9. The first-order chi connectivity index (χ1) is 17.3. The largest absolute Gasteiger partial charge is 0.494 e. The summed E-state index contributed by atoms with van der Waals surface area (Å²) in [6.45, 7) is 8.90. The van der Waals surface area contributed by atoms with Gasteiger partial charge >= 0.3 is 0 Å². The number of ether oxygens (including phenoxy) is 1. The van der Waals surface area contributed by atoms with Crippen LogP contribution in [0.15, 0.2) is 24.3 Å². The number of nitrogens with one attached hydrogen (secondary N) is 2. The summed E-state index contributed by atoms with van der Waals surface area (Å²) in [4.78, 5) is 42.8.